The van der Waals surface area contributed by atoms with Gasteiger partial charge < -0.3 is 5.11 Å². The van der Waals surface area contributed by atoms with Crippen LogP contribution in [0.5, 0.6) is 0 Å². The van der Waals surface area contributed by atoms with E-state index in [1.165, 1.54) is 103 Å². The van der Waals surface area contributed by atoms with Gasteiger partial charge >= 0.3 is 5.97 Å². The van der Waals surface area contributed by atoms with Crippen molar-refractivity contribution in [3.05, 3.63) is 0 Å². The van der Waals surface area contributed by atoms with Crippen molar-refractivity contribution in [1.82, 2.24) is 0 Å². The van der Waals surface area contributed by atoms with Crippen LogP contribution in [0.1, 0.15) is 128 Å². The van der Waals surface area contributed by atoms with Crippen molar-refractivity contribution in [1.29, 1.82) is 0 Å². The van der Waals surface area contributed by atoms with Crippen LogP contribution in [0.15, 0.2) is 0 Å². The lowest BCUT2D eigenvalue weighted by Crippen LogP contribution is -1.93. The van der Waals surface area contributed by atoms with Gasteiger partial charge in [-0.25, -0.2) is 0 Å². The third-order valence-electron chi connectivity index (χ3n) is 5.03. The second kappa shape index (κ2) is 21.2. The fourth-order valence-corrected chi connectivity index (χ4v) is 3.68. The lowest BCUT2D eigenvalue weighted by atomic mass is 10.0. The molecule has 0 fully saturated rings. The van der Waals surface area contributed by atoms with Crippen LogP contribution < -0.4 is 0 Å². The van der Waals surface area contributed by atoms with E-state index in [1.54, 1.807) is 0 Å². The van der Waals surface area contributed by atoms with E-state index in [-0.39, 0.29) is 0 Å². The first-order valence-corrected chi connectivity index (χ1v) is 11.9. The third kappa shape index (κ3) is 23.9. The molecule has 2 nitrogen and oxygen atoms in total. The van der Waals surface area contributed by atoms with Gasteiger partial charge in [0.1, 0.15) is 0 Å². The average Bonchev–Trinajstić information content (AvgIpc) is 2.59. The Bertz CT molecular complexity index is 300. The van der Waals surface area contributed by atoms with Gasteiger partial charge in [0.15, 0.2) is 0 Å². The molecular formula is C22H42O2S2. The number of unbranched alkanes of at least 4 members (excludes halogenated alkanes) is 17. The van der Waals surface area contributed by atoms with Crippen molar-refractivity contribution >= 4 is 35.0 Å². The Morgan fingerprint density at radius 2 is 0.769 bits per heavy atom. The zero-order valence-corrected chi connectivity index (χ0v) is 18.6. The second-order valence-corrected chi connectivity index (χ2v) is 8.99. The summed E-state index contributed by atoms with van der Waals surface area (Å²) in [5, 5.41) is 8.57. The summed E-state index contributed by atoms with van der Waals surface area (Å²) in [6.07, 6.45) is 24.9. The molecule has 0 rings (SSSR count). The largest absolute Gasteiger partial charge is 0.481 e. The lowest BCUT2D eigenvalue weighted by Gasteiger charge is -2.04. The summed E-state index contributed by atoms with van der Waals surface area (Å²) in [6.45, 7) is 0. The van der Waals surface area contributed by atoms with E-state index in [4.69, 9.17) is 17.3 Å². The molecular weight excluding hydrogens is 360 g/mol. The van der Waals surface area contributed by atoms with Crippen LogP contribution in [0, 0.1) is 0 Å². The molecule has 0 amide bonds. The number of thiocarbonyl (C=S) groups is 1. The molecule has 0 saturated carbocycles. The molecule has 0 spiro atoms. The van der Waals surface area contributed by atoms with E-state index in [0.717, 1.165) is 23.5 Å². The van der Waals surface area contributed by atoms with E-state index in [0.29, 0.717) is 6.42 Å². The van der Waals surface area contributed by atoms with E-state index < -0.39 is 5.97 Å². The molecule has 0 aromatic carbocycles. The number of thiol groups is 1. The van der Waals surface area contributed by atoms with E-state index in [1.807, 2.05) is 0 Å². The van der Waals surface area contributed by atoms with Crippen LogP contribution in [0.25, 0.3) is 0 Å². The zero-order chi connectivity index (χ0) is 19.3. The minimum atomic E-state index is -0.657. The monoisotopic (exact) mass is 402 g/mol. The Morgan fingerprint density at radius 1 is 0.538 bits per heavy atom. The van der Waals surface area contributed by atoms with Gasteiger partial charge in [-0.05, 0) is 19.3 Å². The Balaban J connectivity index is 3.01. The number of aliphatic carboxylic acids is 1. The number of hydrogen-bond acceptors (Lipinski definition) is 2. The maximum Gasteiger partial charge on any atom is 0.303 e. The summed E-state index contributed by atoms with van der Waals surface area (Å²) in [5.41, 5.74) is 0. The lowest BCUT2D eigenvalue weighted by molar-refractivity contribution is -0.137. The summed E-state index contributed by atoms with van der Waals surface area (Å²) in [7, 11) is 0. The van der Waals surface area contributed by atoms with E-state index >= 15 is 0 Å². The number of rotatable bonds is 21. The molecule has 0 atom stereocenters. The molecule has 26 heavy (non-hydrogen) atoms. The molecule has 0 radical (unpaired) electrons. The second-order valence-electron chi connectivity index (χ2n) is 7.65. The van der Waals surface area contributed by atoms with Crippen molar-refractivity contribution in [2.45, 2.75) is 128 Å². The van der Waals surface area contributed by atoms with Crippen molar-refractivity contribution in [3.8, 4) is 0 Å². The summed E-state index contributed by atoms with van der Waals surface area (Å²) < 4.78 is 0.859. The Morgan fingerprint density at radius 3 is 1.00 bits per heavy atom. The van der Waals surface area contributed by atoms with Gasteiger partial charge in [-0.15, -0.1) is 12.6 Å². The van der Waals surface area contributed by atoms with Gasteiger partial charge in [-0.3, -0.25) is 4.79 Å². The highest BCUT2D eigenvalue weighted by molar-refractivity contribution is 8.11. The van der Waals surface area contributed by atoms with Crippen LogP contribution in [0.2, 0.25) is 0 Å². The maximum absolute atomic E-state index is 10.4. The fraction of sp³-hybridized carbons (Fsp3) is 0.909. The predicted molar refractivity (Wildman–Crippen MR) is 122 cm³/mol. The summed E-state index contributed by atoms with van der Waals surface area (Å²) in [6, 6.07) is 0. The standard InChI is InChI=1S/C22H42O2S2/c23-21(24)19-17-15-13-11-9-7-5-3-1-2-4-6-8-10-12-14-16-18-20-22(25)26/h1-20H2,(H,23,24)(H,25,26). The molecule has 0 aromatic rings. The molecule has 154 valence electrons. The first kappa shape index (κ1) is 25.9. The predicted octanol–water partition coefficient (Wildman–Crippen LogP) is 8.13. The molecule has 0 aromatic heterocycles. The Labute approximate surface area is 173 Å². The first-order chi connectivity index (χ1) is 12.6. The molecule has 4 heteroatoms. The summed E-state index contributed by atoms with van der Waals surface area (Å²) in [5.74, 6) is -0.657. The maximum atomic E-state index is 10.4. The molecule has 0 aliphatic carbocycles. The van der Waals surface area contributed by atoms with Crippen molar-refractivity contribution < 1.29 is 9.90 Å². The molecule has 0 saturated heterocycles. The molecule has 0 aliphatic rings. The third-order valence-corrected chi connectivity index (χ3v) is 5.46. The number of hydrogen-bond donors (Lipinski definition) is 2. The van der Waals surface area contributed by atoms with Crippen LogP contribution in [-0.2, 0) is 4.79 Å². The van der Waals surface area contributed by atoms with Gasteiger partial charge in [0.25, 0.3) is 0 Å². The highest BCUT2D eigenvalue weighted by Crippen LogP contribution is 2.15. The normalized spacial score (nSPS) is 11.0. The molecule has 0 bridgehead atoms. The highest BCUT2D eigenvalue weighted by atomic mass is 32.1. The topological polar surface area (TPSA) is 37.3 Å². The Kier molecular flexibility index (Phi) is 21.1. The average molecular weight is 403 g/mol. The molecule has 0 aliphatic heterocycles. The van der Waals surface area contributed by atoms with Gasteiger partial charge in [-0.2, -0.15) is 0 Å². The van der Waals surface area contributed by atoms with E-state index in [2.05, 4.69) is 12.6 Å². The van der Waals surface area contributed by atoms with Gasteiger partial charge in [0.2, 0.25) is 0 Å². The van der Waals surface area contributed by atoms with Gasteiger partial charge in [0, 0.05) is 10.6 Å². The summed E-state index contributed by atoms with van der Waals surface area (Å²) >= 11 is 9.13. The smallest absolute Gasteiger partial charge is 0.303 e. The number of carboxylic acids is 1. The number of carboxylic acid groups (broad SMARTS) is 1. The quantitative estimate of drug-likeness (QED) is 0.116. The minimum Gasteiger partial charge on any atom is -0.481 e. The Hall–Kier alpha value is -0.0900. The SMILES string of the molecule is O=C(O)CCCCCCCCCCCCCCCCCCCCC(=S)S. The molecule has 0 unspecified atom stereocenters. The molecule has 1 N–H and O–H groups in total. The molecule has 0 heterocycles. The van der Waals surface area contributed by atoms with Crippen LogP contribution in [0.3, 0.4) is 0 Å². The first-order valence-electron chi connectivity index (χ1n) is 11.1. The van der Waals surface area contributed by atoms with Crippen molar-refractivity contribution in [2.75, 3.05) is 0 Å². The summed E-state index contributed by atoms with van der Waals surface area (Å²) in [4.78, 5) is 10.4. The van der Waals surface area contributed by atoms with Crippen LogP contribution in [-0.4, -0.2) is 15.3 Å². The van der Waals surface area contributed by atoms with Crippen LogP contribution in [0.4, 0.5) is 0 Å². The highest BCUT2D eigenvalue weighted by Gasteiger charge is 1.97. The zero-order valence-electron chi connectivity index (χ0n) is 16.9. The van der Waals surface area contributed by atoms with E-state index in [9.17, 15) is 4.79 Å². The van der Waals surface area contributed by atoms with Crippen molar-refractivity contribution in [2.24, 2.45) is 0 Å². The van der Waals surface area contributed by atoms with Crippen molar-refractivity contribution in [3.63, 3.8) is 0 Å². The van der Waals surface area contributed by atoms with Gasteiger partial charge in [-0.1, -0.05) is 115 Å². The number of carbonyl (C=O) groups is 1. The minimum absolute atomic E-state index is 0.339. The van der Waals surface area contributed by atoms with Gasteiger partial charge in [0.05, 0.1) is 0 Å². The van der Waals surface area contributed by atoms with Crippen LogP contribution >= 0.6 is 24.8 Å². The fourth-order valence-electron chi connectivity index (χ4n) is 3.38.